The number of carbonyl (C=O) groups excluding carboxylic acids is 1. The SMILES string of the molecule is CCN(CC)S(=O)(=O)c1ccc(Cl)c(NC(=O)CN[C@H](C)c2ccco2)c1. The summed E-state index contributed by atoms with van der Waals surface area (Å²) in [5, 5.41) is 5.95. The van der Waals surface area contributed by atoms with Gasteiger partial charge in [0.1, 0.15) is 5.76 Å². The molecule has 1 aromatic carbocycles. The van der Waals surface area contributed by atoms with Crippen LogP contribution in [-0.4, -0.2) is 38.3 Å². The van der Waals surface area contributed by atoms with E-state index < -0.39 is 10.0 Å². The fourth-order valence-electron chi connectivity index (χ4n) is 2.55. The normalized spacial score (nSPS) is 12.9. The Hall–Kier alpha value is -1.87. The van der Waals surface area contributed by atoms with Crippen molar-refractivity contribution in [1.29, 1.82) is 0 Å². The van der Waals surface area contributed by atoms with Crippen LogP contribution in [0, 0.1) is 0 Å². The van der Waals surface area contributed by atoms with Crippen molar-refractivity contribution in [3.05, 3.63) is 47.4 Å². The summed E-state index contributed by atoms with van der Waals surface area (Å²) >= 11 is 6.12. The molecule has 0 fully saturated rings. The number of amides is 1. The summed E-state index contributed by atoms with van der Waals surface area (Å²) in [6.45, 7) is 6.15. The number of carbonyl (C=O) groups is 1. The predicted molar refractivity (Wildman–Crippen MR) is 105 cm³/mol. The Bertz CT molecular complexity index is 865. The first-order valence-electron chi connectivity index (χ1n) is 8.65. The van der Waals surface area contributed by atoms with Gasteiger partial charge in [0.2, 0.25) is 15.9 Å². The van der Waals surface area contributed by atoms with Crippen molar-refractivity contribution >= 4 is 33.2 Å². The van der Waals surface area contributed by atoms with Gasteiger partial charge in [-0.1, -0.05) is 25.4 Å². The number of sulfonamides is 1. The van der Waals surface area contributed by atoms with Gasteiger partial charge in [-0.2, -0.15) is 4.31 Å². The van der Waals surface area contributed by atoms with Gasteiger partial charge in [-0.3, -0.25) is 10.1 Å². The lowest BCUT2D eigenvalue weighted by Gasteiger charge is -2.19. The zero-order chi connectivity index (χ0) is 20.0. The van der Waals surface area contributed by atoms with Crippen molar-refractivity contribution < 1.29 is 17.6 Å². The second-order valence-corrected chi connectivity index (χ2v) is 8.24. The smallest absolute Gasteiger partial charge is 0.243 e. The lowest BCUT2D eigenvalue weighted by molar-refractivity contribution is -0.115. The van der Waals surface area contributed by atoms with E-state index in [2.05, 4.69) is 10.6 Å². The van der Waals surface area contributed by atoms with Crippen LogP contribution in [0.25, 0.3) is 0 Å². The van der Waals surface area contributed by atoms with E-state index in [0.717, 1.165) is 0 Å². The lowest BCUT2D eigenvalue weighted by Crippen LogP contribution is -2.31. The molecule has 2 N–H and O–H groups in total. The maximum atomic E-state index is 12.6. The van der Waals surface area contributed by atoms with Crippen molar-refractivity contribution in [2.75, 3.05) is 25.0 Å². The number of benzene rings is 1. The van der Waals surface area contributed by atoms with Crippen molar-refractivity contribution in [2.24, 2.45) is 0 Å². The molecule has 2 aromatic rings. The molecule has 1 aromatic heterocycles. The molecule has 1 amide bonds. The van der Waals surface area contributed by atoms with Gasteiger partial charge in [0.25, 0.3) is 0 Å². The first-order valence-corrected chi connectivity index (χ1v) is 10.5. The van der Waals surface area contributed by atoms with Crippen LogP contribution in [0.2, 0.25) is 5.02 Å². The Labute approximate surface area is 164 Å². The van der Waals surface area contributed by atoms with Gasteiger partial charge < -0.3 is 9.73 Å². The third kappa shape index (κ3) is 5.32. The number of nitrogens with zero attached hydrogens (tertiary/aromatic N) is 1. The maximum Gasteiger partial charge on any atom is 0.243 e. The number of hydrogen-bond donors (Lipinski definition) is 2. The molecule has 1 heterocycles. The highest BCUT2D eigenvalue weighted by Gasteiger charge is 2.23. The molecule has 148 valence electrons. The molecule has 7 nitrogen and oxygen atoms in total. The van der Waals surface area contributed by atoms with Crippen LogP contribution in [0.3, 0.4) is 0 Å². The number of hydrogen-bond acceptors (Lipinski definition) is 5. The monoisotopic (exact) mass is 413 g/mol. The summed E-state index contributed by atoms with van der Waals surface area (Å²) in [5.74, 6) is 0.376. The molecular weight excluding hydrogens is 390 g/mol. The number of rotatable bonds is 9. The molecule has 0 saturated heterocycles. The van der Waals surface area contributed by atoms with Crippen LogP contribution < -0.4 is 10.6 Å². The van der Waals surface area contributed by atoms with Gasteiger partial charge in [-0.15, -0.1) is 0 Å². The Morgan fingerprint density at radius 1 is 1.26 bits per heavy atom. The molecule has 0 aliphatic carbocycles. The zero-order valence-corrected chi connectivity index (χ0v) is 17.1. The fraction of sp³-hybridized carbons (Fsp3) is 0.389. The van der Waals surface area contributed by atoms with Gasteiger partial charge in [0, 0.05) is 13.1 Å². The molecule has 0 aliphatic rings. The van der Waals surface area contributed by atoms with Crippen molar-refractivity contribution in [2.45, 2.75) is 31.7 Å². The summed E-state index contributed by atoms with van der Waals surface area (Å²) in [6.07, 6.45) is 1.56. The van der Waals surface area contributed by atoms with Crippen LogP contribution in [0.5, 0.6) is 0 Å². The predicted octanol–water partition coefficient (Wildman–Crippen LogP) is 3.25. The van der Waals surface area contributed by atoms with E-state index in [1.54, 1.807) is 26.2 Å². The highest BCUT2D eigenvalue weighted by Crippen LogP contribution is 2.27. The molecule has 1 atom stereocenters. The van der Waals surface area contributed by atoms with E-state index in [0.29, 0.717) is 18.8 Å². The molecule has 0 saturated carbocycles. The second kappa shape index (κ2) is 9.36. The molecular formula is C18H24ClN3O4S. The Morgan fingerprint density at radius 3 is 2.56 bits per heavy atom. The van der Waals surface area contributed by atoms with Gasteiger partial charge in [0.05, 0.1) is 34.5 Å². The van der Waals surface area contributed by atoms with E-state index in [9.17, 15) is 13.2 Å². The zero-order valence-electron chi connectivity index (χ0n) is 15.5. The third-order valence-corrected chi connectivity index (χ3v) is 6.47. The second-order valence-electron chi connectivity index (χ2n) is 5.90. The number of nitrogens with one attached hydrogen (secondary N) is 2. The maximum absolute atomic E-state index is 12.6. The molecule has 0 bridgehead atoms. The van der Waals surface area contributed by atoms with E-state index in [1.807, 2.05) is 13.0 Å². The van der Waals surface area contributed by atoms with Crippen LogP contribution in [0.1, 0.15) is 32.6 Å². The standard InChI is InChI=1S/C18H24ClN3O4S/c1-4-22(5-2)27(24,25)14-8-9-15(19)16(11-14)21-18(23)12-20-13(3)17-7-6-10-26-17/h6-11,13,20H,4-5,12H2,1-3H3,(H,21,23)/t13-/m1/s1. The number of halogens is 1. The minimum atomic E-state index is -3.64. The summed E-state index contributed by atoms with van der Waals surface area (Å²) in [7, 11) is -3.64. The molecule has 27 heavy (non-hydrogen) atoms. The van der Waals surface area contributed by atoms with Crippen molar-refractivity contribution in [3.8, 4) is 0 Å². The minimum Gasteiger partial charge on any atom is -0.468 e. The number of furan rings is 1. The highest BCUT2D eigenvalue weighted by atomic mass is 35.5. The van der Waals surface area contributed by atoms with Crippen molar-refractivity contribution in [3.63, 3.8) is 0 Å². The van der Waals surface area contributed by atoms with Crippen LogP contribution in [-0.2, 0) is 14.8 Å². The van der Waals surface area contributed by atoms with Gasteiger partial charge in [-0.05, 0) is 37.3 Å². The first kappa shape index (κ1) is 21.4. The third-order valence-electron chi connectivity index (χ3n) is 4.09. The fourth-order valence-corrected chi connectivity index (χ4v) is 4.20. The summed E-state index contributed by atoms with van der Waals surface area (Å²) in [6, 6.07) is 7.72. The average molecular weight is 414 g/mol. The molecule has 2 rings (SSSR count). The first-order chi connectivity index (χ1) is 12.8. The van der Waals surface area contributed by atoms with Gasteiger partial charge in [0.15, 0.2) is 0 Å². The summed E-state index contributed by atoms with van der Waals surface area (Å²) in [4.78, 5) is 12.3. The Kier molecular flexibility index (Phi) is 7.43. The lowest BCUT2D eigenvalue weighted by atomic mass is 10.2. The highest BCUT2D eigenvalue weighted by molar-refractivity contribution is 7.89. The van der Waals surface area contributed by atoms with Crippen LogP contribution >= 0.6 is 11.6 Å². The number of anilines is 1. The Morgan fingerprint density at radius 2 is 1.96 bits per heavy atom. The quantitative estimate of drug-likeness (QED) is 0.658. The molecule has 0 unspecified atom stereocenters. The Balaban J connectivity index is 2.08. The van der Waals surface area contributed by atoms with Crippen LogP contribution in [0.15, 0.2) is 45.9 Å². The topological polar surface area (TPSA) is 91.7 Å². The molecule has 0 aliphatic heterocycles. The molecule has 0 radical (unpaired) electrons. The summed E-state index contributed by atoms with van der Waals surface area (Å²) in [5.41, 5.74) is 0.252. The minimum absolute atomic E-state index is 0.0191. The van der Waals surface area contributed by atoms with E-state index in [4.69, 9.17) is 16.0 Å². The largest absolute Gasteiger partial charge is 0.468 e. The van der Waals surface area contributed by atoms with E-state index in [-0.39, 0.29) is 34.1 Å². The molecule has 9 heteroatoms. The van der Waals surface area contributed by atoms with Gasteiger partial charge >= 0.3 is 0 Å². The average Bonchev–Trinajstić information content (AvgIpc) is 3.17. The molecule has 0 spiro atoms. The van der Waals surface area contributed by atoms with Crippen molar-refractivity contribution in [1.82, 2.24) is 9.62 Å². The van der Waals surface area contributed by atoms with Crippen LogP contribution in [0.4, 0.5) is 5.69 Å². The summed E-state index contributed by atoms with van der Waals surface area (Å²) < 4.78 is 31.9. The van der Waals surface area contributed by atoms with E-state index in [1.165, 1.54) is 22.5 Å². The van der Waals surface area contributed by atoms with E-state index >= 15 is 0 Å². The van der Waals surface area contributed by atoms with Gasteiger partial charge in [-0.25, -0.2) is 8.42 Å².